The maximum atomic E-state index is 10.9. The average Bonchev–Trinajstić information content (AvgIpc) is 2.52. The molecule has 0 aliphatic rings. The Bertz CT molecular complexity index is 805. The molecule has 0 bridgehead atoms. The number of benzene rings is 1. The summed E-state index contributed by atoms with van der Waals surface area (Å²) in [5.41, 5.74) is 12.4. The monoisotopic (exact) mass is 309 g/mol. The number of primary amides is 1. The Balaban J connectivity index is 2.71. The summed E-state index contributed by atoms with van der Waals surface area (Å²) in [5.74, 6) is -0.534. The SMILES string of the molecule is N#Cc1c(N)nc(SCC(N)=O)c(C#N)c1-c1ccccc1. The molecule has 6 nitrogen and oxygen atoms in total. The fourth-order valence-electron chi connectivity index (χ4n) is 1.94. The number of carbonyl (C=O) groups excluding carboxylic acids is 1. The number of carbonyl (C=O) groups is 1. The van der Waals surface area contributed by atoms with E-state index in [0.717, 1.165) is 11.8 Å². The van der Waals surface area contributed by atoms with Crippen LogP contribution in [0.1, 0.15) is 11.1 Å². The second kappa shape index (κ2) is 6.61. The van der Waals surface area contributed by atoms with Gasteiger partial charge < -0.3 is 11.5 Å². The molecule has 0 atom stereocenters. The van der Waals surface area contributed by atoms with Crippen molar-refractivity contribution in [3.8, 4) is 23.3 Å². The lowest BCUT2D eigenvalue weighted by atomic mass is 9.97. The lowest BCUT2D eigenvalue weighted by Crippen LogP contribution is -2.13. The van der Waals surface area contributed by atoms with Crippen molar-refractivity contribution in [1.29, 1.82) is 10.5 Å². The largest absolute Gasteiger partial charge is 0.383 e. The molecule has 7 heteroatoms. The number of aromatic nitrogens is 1. The Labute approximate surface area is 131 Å². The van der Waals surface area contributed by atoms with E-state index >= 15 is 0 Å². The Hall–Kier alpha value is -3.03. The molecule has 2 aromatic rings. The van der Waals surface area contributed by atoms with Crippen LogP contribution in [0.4, 0.5) is 5.82 Å². The molecular weight excluding hydrogens is 298 g/mol. The van der Waals surface area contributed by atoms with Crippen LogP contribution in [0.2, 0.25) is 0 Å². The highest BCUT2D eigenvalue weighted by molar-refractivity contribution is 8.00. The molecule has 0 fully saturated rings. The Kier molecular flexibility index (Phi) is 4.62. The zero-order valence-corrected chi connectivity index (χ0v) is 12.2. The van der Waals surface area contributed by atoms with E-state index in [0.29, 0.717) is 11.1 Å². The first-order chi connectivity index (χ1) is 10.6. The molecule has 0 saturated carbocycles. The number of nitriles is 2. The van der Waals surface area contributed by atoms with Crippen LogP contribution >= 0.6 is 11.8 Å². The Morgan fingerprint density at radius 2 is 1.82 bits per heavy atom. The van der Waals surface area contributed by atoms with Gasteiger partial charge in [-0.3, -0.25) is 4.79 Å². The Morgan fingerprint density at radius 1 is 1.18 bits per heavy atom. The molecule has 4 N–H and O–H groups in total. The lowest BCUT2D eigenvalue weighted by Gasteiger charge is -2.12. The van der Waals surface area contributed by atoms with Crippen LogP contribution in [-0.2, 0) is 4.79 Å². The van der Waals surface area contributed by atoms with E-state index in [1.807, 2.05) is 18.2 Å². The smallest absolute Gasteiger partial charge is 0.227 e. The highest BCUT2D eigenvalue weighted by atomic mass is 32.2. The molecule has 1 aromatic heterocycles. The third kappa shape index (κ3) is 3.00. The van der Waals surface area contributed by atoms with Crippen LogP contribution in [0.15, 0.2) is 35.4 Å². The minimum atomic E-state index is -0.528. The molecule has 22 heavy (non-hydrogen) atoms. The molecule has 0 radical (unpaired) electrons. The van der Waals surface area contributed by atoms with Gasteiger partial charge in [0.05, 0.1) is 11.3 Å². The second-order valence-electron chi connectivity index (χ2n) is 4.27. The highest BCUT2D eigenvalue weighted by Crippen LogP contribution is 2.35. The van der Waals surface area contributed by atoms with Gasteiger partial charge in [-0.25, -0.2) is 4.98 Å². The van der Waals surface area contributed by atoms with Crippen LogP contribution in [0.3, 0.4) is 0 Å². The number of nitrogens with zero attached hydrogens (tertiary/aromatic N) is 3. The van der Waals surface area contributed by atoms with E-state index in [1.165, 1.54) is 0 Å². The van der Waals surface area contributed by atoms with Crippen LogP contribution in [0, 0.1) is 22.7 Å². The quantitative estimate of drug-likeness (QED) is 0.826. The van der Waals surface area contributed by atoms with E-state index < -0.39 is 5.91 Å². The maximum Gasteiger partial charge on any atom is 0.227 e. The summed E-state index contributed by atoms with van der Waals surface area (Å²) >= 11 is 1.02. The first kappa shape index (κ1) is 15.4. The van der Waals surface area contributed by atoms with Crippen LogP contribution in [0.25, 0.3) is 11.1 Å². The van der Waals surface area contributed by atoms with Gasteiger partial charge in [0.2, 0.25) is 5.91 Å². The van der Waals surface area contributed by atoms with Crippen LogP contribution in [-0.4, -0.2) is 16.6 Å². The van der Waals surface area contributed by atoms with Gasteiger partial charge in [0, 0.05) is 5.56 Å². The summed E-state index contributed by atoms with van der Waals surface area (Å²) in [6.07, 6.45) is 0. The molecule has 0 unspecified atom stereocenters. The first-order valence-corrected chi connectivity index (χ1v) is 7.17. The topological polar surface area (TPSA) is 130 Å². The number of rotatable bonds is 4. The third-order valence-electron chi connectivity index (χ3n) is 2.83. The van der Waals surface area contributed by atoms with Crippen molar-refractivity contribution in [2.24, 2.45) is 5.73 Å². The molecular formula is C15H11N5OS. The predicted molar refractivity (Wildman–Crippen MR) is 83.4 cm³/mol. The zero-order chi connectivity index (χ0) is 16.1. The summed E-state index contributed by atoms with van der Waals surface area (Å²) in [5, 5.41) is 19.1. The number of hydrogen-bond donors (Lipinski definition) is 2. The van der Waals surface area contributed by atoms with Gasteiger partial charge in [-0.2, -0.15) is 10.5 Å². The van der Waals surface area contributed by atoms with Gasteiger partial charge >= 0.3 is 0 Å². The summed E-state index contributed by atoms with van der Waals surface area (Å²) in [7, 11) is 0. The number of nitrogens with two attached hydrogens (primary N) is 2. The standard InChI is InChI=1S/C15H11N5OS/c16-6-10-13(9-4-2-1-3-5-9)11(7-17)15(20-14(10)19)22-8-12(18)21/h1-5H,8H2,(H2,18,21)(H2,19,20). The minimum Gasteiger partial charge on any atom is -0.383 e. The normalized spacial score (nSPS) is 9.73. The van der Waals surface area contributed by atoms with Gasteiger partial charge in [-0.15, -0.1) is 0 Å². The van der Waals surface area contributed by atoms with Gasteiger partial charge in [0.15, 0.2) is 0 Å². The van der Waals surface area contributed by atoms with E-state index in [9.17, 15) is 15.3 Å². The second-order valence-corrected chi connectivity index (χ2v) is 5.24. The molecule has 0 aliphatic heterocycles. The van der Waals surface area contributed by atoms with Crippen LogP contribution < -0.4 is 11.5 Å². The van der Waals surface area contributed by atoms with Crippen molar-refractivity contribution in [3.63, 3.8) is 0 Å². The van der Waals surface area contributed by atoms with Gasteiger partial charge in [-0.1, -0.05) is 42.1 Å². The lowest BCUT2D eigenvalue weighted by molar-refractivity contribution is -0.115. The minimum absolute atomic E-state index is 0.0207. The molecule has 0 spiro atoms. The van der Waals surface area contributed by atoms with Crippen molar-refractivity contribution in [2.75, 3.05) is 11.5 Å². The number of nitrogen functional groups attached to an aromatic ring is 1. The number of thioether (sulfide) groups is 1. The molecule has 1 amide bonds. The molecule has 2 rings (SSSR count). The number of hydrogen-bond acceptors (Lipinski definition) is 6. The molecule has 0 saturated heterocycles. The van der Waals surface area contributed by atoms with Crippen molar-refractivity contribution >= 4 is 23.5 Å². The zero-order valence-electron chi connectivity index (χ0n) is 11.4. The van der Waals surface area contributed by atoms with Gasteiger partial charge in [0.1, 0.15) is 28.5 Å². The third-order valence-corrected chi connectivity index (χ3v) is 3.83. The molecule has 0 aliphatic carbocycles. The fraction of sp³-hybridized carbons (Fsp3) is 0.0667. The van der Waals surface area contributed by atoms with E-state index in [-0.39, 0.29) is 27.7 Å². The summed E-state index contributed by atoms with van der Waals surface area (Å²) < 4.78 is 0. The Morgan fingerprint density at radius 3 is 2.36 bits per heavy atom. The van der Waals surface area contributed by atoms with E-state index in [2.05, 4.69) is 4.98 Å². The number of pyridine rings is 1. The first-order valence-electron chi connectivity index (χ1n) is 6.18. The summed E-state index contributed by atoms with van der Waals surface area (Å²) in [6.45, 7) is 0. The summed E-state index contributed by atoms with van der Waals surface area (Å²) in [4.78, 5) is 15.0. The van der Waals surface area contributed by atoms with Crippen molar-refractivity contribution < 1.29 is 4.79 Å². The van der Waals surface area contributed by atoms with Crippen molar-refractivity contribution in [2.45, 2.75) is 5.03 Å². The maximum absolute atomic E-state index is 10.9. The number of anilines is 1. The summed E-state index contributed by atoms with van der Waals surface area (Å²) in [6, 6.07) is 13.0. The highest BCUT2D eigenvalue weighted by Gasteiger charge is 2.20. The van der Waals surface area contributed by atoms with E-state index in [4.69, 9.17) is 11.5 Å². The number of amides is 1. The molecule has 1 aromatic carbocycles. The molecule has 1 heterocycles. The van der Waals surface area contributed by atoms with Crippen molar-refractivity contribution in [1.82, 2.24) is 4.98 Å². The van der Waals surface area contributed by atoms with E-state index in [1.54, 1.807) is 24.3 Å². The molecule has 108 valence electrons. The van der Waals surface area contributed by atoms with Crippen molar-refractivity contribution in [3.05, 3.63) is 41.5 Å². The van der Waals surface area contributed by atoms with Gasteiger partial charge in [-0.05, 0) is 5.56 Å². The van der Waals surface area contributed by atoms with Gasteiger partial charge in [0.25, 0.3) is 0 Å². The predicted octanol–water partition coefficient (Wildman–Crippen LogP) is 1.65. The fourth-order valence-corrected chi connectivity index (χ4v) is 2.67. The average molecular weight is 309 g/mol. The van der Waals surface area contributed by atoms with Crippen LogP contribution in [0.5, 0.6) is 0 Å².